The Morgan fingerprint density at radius 3 is 2.64 bits per heavy atom. The Bertz CT molecular complexity index is 103. The monoisotopic (exact) mass is 157 g/mol. The molecule has 1 aliphatic rings. The van der Waals surface area contributed by atoms with Crippen LogP contribution in [0.1, 0.15) is 39.5 Å². The summed E-state index contributed by atoms with van der Waals surface area (Å²) in [6.07, 6.45) is 4.87. The van der Waals surface area contributed by atoms with Crippen molar-refractivity contribution in [3.63, 3.8) is 0 Å². The van der Waals surface area contributed by atoms with Gasteiger partial charge < -0.3 is 4.74 Å². The molecule has 0 aromatic carbocycles. The van der Waals surface area contributed by atoms with E-state index in [1.807, 2.05) is 0 Å². The number of hydrogen-bond acceptors (Lipinski definition) is 2. The number of nitrogens with one attached hydrogen (secondary N) is 1. The maximum atomic E-state index is 5.71. The van der Waals surface area contributed by atoms with Crippen LogP contribution in [0.4, 0.5) is 0 Å². The Balaban J connectivity index is 2.42. The summed E-state index contributed by atoms with van der Waals surface area (Å²) in [5.41, 5.74) is 0.0208. The van der Waals surface area contributed by atoms with Gasteiger partial charge in [0.1, 0.15) is 5.72 Å². The molecule has 1 saturated heterocycles. The second kappa shape index (κ2) is 4.07. The lowest BCUT2D eigenvalue weighted by atomic mass is 9.98. The summed E-state index contributed by atoms with van der Waals surface area (Å²) in [5, 5.41) is 3.46. The van der Waals surface area contributed by atoms with E-state index in [9.17, 15) is 0 Å². The first kappa shape index (κ1) is 9.01. The van der Waals surface area contributed by atoms with Gasteiger partial charge in [0.15, 0.2) is 0 Å². The lowest BCUT2D eigenvalue weighted by molar-refractivity contribution is -0.0850. The third-order valence-corrected chi connectivity index (χ3v) is 2.45. The zero-order valence-corrected chi connectivity index (χ0v) is 7.65. The van der Waals surface area contributed by atoms with E-state index >= 15 is 0 Å². The van der Waals surface area contributed by atoms with Crippen molar-refractivity contribution < 1.29 is 4.74 Å². The average molecular weight is 157 g/mol. The fourth-order valence-corrected chi connectivity index (χ4v) is 1.74. The van der Waals surface area contributed by atoms with Crippen molar-refractivity contribution in [3.8, 4) is 0 Å². The van der Waals surface area contributed by atoms with Gasteiger partial charge in [-0.1, -0.05) is 6.92 Å². The van der Waals surface area contributed by atoms with Gasteiger partial charge >= 0.3 is 0 Å². The minimum absolute atomic E-state index is 0.0208. The average Bonchev–Trinajstić information content (AvgIpc) is 2.07. The van der Waals surface area contributed by atoms with Crippen molar-refractivity contribution in [2.24, 2.45) is 0 Å². The first-order valence-electron chi connectivity index (χ1n) is 4.72. The summed E-state index contributed by atoms with van der Waals surface area (Å²) < 4.78 is 5.71. The Hall–Kier alpha value is -0.0800. The van der Waals surface area contributed by atoms with E-state index in [1.165, 1.54) is 19.3 Å². The van der Waals surface area contributed by atoms with Crippen molar-refractivity contribution >= 4 is 0 Å². The quantitative estimate of drug-likeness (QED) is 0.675. The van der Waals surface area contributed by atoms with Gasteiger partial charge in [0, 0.05) is 6.61 Å². The van der Waals surface area contributed by atoms with Gasteiger partial charge in [0.25, 0.3) is 0 Å². The van der Waals surface area contributed by atoms with Gasteiger partial charge in [-0.05, 0) is 39.2 Å². The van der Waals surface area contributed by atoms with Crippen molar-refractivity contribution in [2.75, 3.05) is 13.2 Å². The molecule has 11 heavy (non-hydrogen) atoms. The molecule has 0 aliphatic carbocycles. The molecule has 0 bridgehead atoms. The maximum Gasteiger partial charge on any atom is 0.118 e. The lowest BCUT2D eigenvalue weighted by Crippen LogP contribution is -2.50. The van der Waals surface area contributed by atoms with Crippen LogP contribution in [0.2, 0.25) is 0 Å². The predicted octanol–water partition coefficient (Wildman–Crippen LogP) is 1.90. The number of hydrogen-bond donors (Lipinski definition) is 1. The number of piperidine rings is 1. The Kier molecular flexibility index (Phi) is 3.34. The predicted molar refractivity (Wildman–Crippen MR) is 46.5 cm³/mol. The molecule has 2 heteroatoms. The SMILES string of the molecule is CCOC1(CC)CCCCN1. The molecule has 1 N–H and O–H groups in total. The van der Waals surface area contributed by atoms with Crippen LogP contribution in [0.5, 0.6) is 0 Å². The van der Waals surface area contributed by atoms with Crippen LogP contribution in [0.3, 0.4) is 0 Å². The molecule has 0 amide bonds. The Morgan fingerprint density at radius 2 is 2.18 bits per heavy atom. The third-order valence-electron chi connectivity index (χ3n) is 2.45. The molecule has 1 aliphatic heterocycles. The van der Waals surface area contributed by atoms with E-state index < -0.39 is 0 Å². The van der Waals surface area contributed by atoms with E-state index in [4.69, 9.17) is 4.74 Å². The summed E-state index contributed by atoms with van der Waals surface area (Å²) >= 11 is 0. The third kappa shape index (κ3) is 2.17. The van der Waals surface area contributed by atoms with Crippen LogP contribution >= 0.6 is 0 Å². The van der Waals surface area contributed by atoms with Crippen molar-refractivity contribution in [1.29, 1.82) is 0 Å². The number of ether oxygens (including phenoxy) is 1. The Labute approximate surface area is 69.3 Å². The highest BCUT2D eigenvalue weighted by molar-refractivity contribution is 4.80. The molecule has 1 atom stereocenters. The van der Waals surface area contributed by atoms with E-state index in [0.29, 0.717) is 0 Å². The second-order valence-corrected chi connectivity index (χ2v) is 3.16. The maximum absolute atomic E-state index is 5.71. The van der Waals surface area contributed by atoms with Crippen LogP contribution in [-0.2, 0) is 4.74 Å². The van der Waals surface area contributed by atoms with Crippen molar-refractivity contribution in [3.05, 3.63) is 0 Å². The summed E-state index contributed by atoms with van der Waals surface area (Å²) in [5.74, 6) is 0. The van der Waals surface area contributed by atoms with E-state index in [1.54, 1.807) is 0 Å². The highest BCUT2D eigenvalue weighted by Crippen LogP contribution is 2.23. The fourth-order valence-electron chi connectivity index (χ4n) is 1.74. The van der Waals surface area contributed by atoms with E-state index in [2.05, 4.69) is 19.2 Å². The fraction of sp³-hybridized carbons (Fsp3) is 1.00. The normalized spacial score (nSPS) is 32.2. The van der Waals surface area contributed by atoms with Gasteiger partial charge in [-0.3, -0.25) is 5.32 Å². The van der Waals surface area contributed by atoms with E-state index in [-0.39, 0.29) is 5.72 Å². The van der Waals surface area contributed by atoms with Crippen molar-refractivity contribution in [2.45, 2.75) is 45.3 Å². The molecule has 1 unspecified atom stereocenters. The second-order valence-electron chi connectivity index (χ2n) is 3.16. The molecular weight excluding hydrogens is 138 g/mol. The molecule has 1 fully saturated rings. The summed E-state index contributed by atoms with van der Waals surface area (Å²) in [6, 6.07) is 0. The molecule has 0 spiro atoms. The molecule has 0 saturated carbocycles. The van der Waals surface area contributed by atoms with Crippen LogP contribution in [0.25, 0.3) is 0 Å². The van der Waals surface area contributed by atoms with Crippen LogP contribution < -0.4 is 5.32 Å². The molecule has 0 radical (unpaired) electrons. The molecule has 1 rings (SSSR count). The van der Waals surface area contributed by atoms with Crippen LogP contribution in [0.15, 0.2) is 0 Å². The highest BCUT2D eigenvalue weighted by Gasteiger charge is 2.29. The zero-order valence-electron chi connectivity index (χ0n) is 7.65. The molecule has 0 aromatic heterocycles. The molecule has 0 aromatic rings. The minimum Gasteiger partial charge on any atom is -0.361 e. The van der Waals surface area contributed by atoms with Crippen LogP contribution in [-0.4, -0.2) is 18.9 Å². The van der Waals surface area contributed by atoms with Crippen molar-refractivity contribution in [1.82, 2.24) is 5.32 Å². The van der Waals surface area contributed by atoms with Gasteiger partial charge in [-0.25, -0.2) is 0 Å². The van der Waals surface area contributed by atoms with Gasteiger partial charge in [0.2, 0.25) is 0 Å². The largest absolute Gasteiger partial charge is 0.361 e. The smallest absolute Gasteiger partial charge is 0.118 e. The number of rotatable bonds is 3. The molecule has 2 nitrogen and oxygen atoms in total. The Morgan fingerprint density at radius 1 is 1.36 bits per heavy atom. The summed E-state index contributed by atoms with van der Waals surface area (Å²) in [4.78, 5) is 0. The standard InChI is InChI=1S/C9H19NO/c1-3-9(11-4-2)7-5-6-8-10-9/h10H,3-8H2,1-2H3. The lowest BCUT2D eigenvalue weighted by Gasteiger charge is -2.37. The molecule has 1 heterocycles. The van der Waals surface area contributed by atoms with E-state index in [0.717, 1.165) is 19.6 Å². The molecule has 66 valence electrons. The first-order chi connectivity index (χ1) is 5.33. The van der Waals surface area contributed by atoms with Gasteiger partial charge in [-0.15, -0.1) is 0 Å². The topological polar surface area (TPSA) is 21.3 Å². The van der Waals surface area contributed by atoms with Gasteiger partial charge in [-0.2, -0.15) is 0 Å². The van der Waals surface area contributed by atoms with Gasteiger partial charge in [0.05, 0.1) is 0 Å². The zero-order chi connectivity index (χ0) is 8.16. The minimum atomic E-state index is 0.0208. The first-order valence-corrected chi connectivity index (χ1v) is 4.72. The molecular formula is C9H19NO. The van der Waals surface area contributed by atoms with Crippen LogP contribution in [0, 0.1) is 0 Å². The summed E-state index contributed by atoms with van der Waals surface area (Å²) in [7, 11) is 0. The summed E-state index contributed by atoms with van der Waals surface area (Å²) in [6.45, 7) is 6.19. The highest BCUT2D eigenvalue weighted by atomic mass is 16.5.